The minimum atomic E-state index is -0.146. The molecule has 0 radical (unpaired) electrons. The molecule has 4 rings (SSSR count). The Balaban J connectivity index is 1.41. The average molecular weight is 378 g/mol. The molecule has 1 N–H and O–H groups in total. The first-order chi connectivity index (χ1) is 13.2. The van der Waals surface area contributed by atoms with Gasteiger partial charge in [0.05, 0.1) is 4.88 Å². The predicted molar refractivity (Wildman–Crippen MR) is 104 cm³/mol. The SMILES string of the molecule is Cn1nc(-c2cccs2)cc1C(=O)NCCn1ccnc1-c1ccccn1. The summed E-state index contributed by atoms with van der Waals surface area (Å²) in [5.41, 5.74) is 2.15. The number of aryl methyl sites for hydroxylation is 1. The molecule has 27 heavy (non-hydrogen) atoms. The van der Waals surface area contributed by atoms with Crippen molar-refractivity contribution in [3.63, 3.8) is 0 Å². The molecule has 0 fully saturated rings. The van der Waals surface area contributed by atoms with Crippen LogP contribution in [0.1, 0.15) is 10.5 Å². The molecule has 4 aromatic rings. The van der Waals surface area contributed by atoms with Crippen LogP contribution in [0.5, 0.6) is 0 Å². The zero-order valence-electron chi connectivity index (χ0n) is 14.7. The molecule has 4 heterocycles. The summed E-state index contributed by atoms with van der Waals surface area (Å²) in [6.45, 7) is 1.09. The lowest BCUT2D eigenvalue weighted by molar-refractivity contribution is 0.0943. The number of thiophene rings is 1. The van der Waals surface area contributed by atoms with Gasteiger partial charge in [0.2, 0.25) is 0 Å². The van der Waals surface area contributed by atoms with Crippen molar-refractivity contribution in [2.45, 2.75) is 6.54 Å². The zero-order valence-corrected chi connectivity index (χ0v) is 15.6. The first kappa shape index (κ1) is 17.2. The van der Waals surface area contributed by atoms with Crippen LogP contribution in [0.15, 0.2) is 60.4 Å². The van der Waals surface area contributed by atoms with E-state index in [-0.39, 0.29) is 5.91 Å². The third-order valence-corrected chi connectivity index (χ3v) is 5.03. The summed E-state index contributed by atoms with van der Waals surface area (Å²) in [5.74, 6) is 0.637. The van der Waals surface area contributed by atoms with Gasteiger partial charge >= 0.3 is 0 Å². The summed E-state index contributed by atoms with van der Waals surface area (Å²) in [6.07, 6.45) is 5.36. The molecule has 0 unspecified atom stereocenters. The fourth-order valence-electron chi connectivity index (χ4n) is 2.82. The lowest BCUT2D eigenvalue weighted by Gasteiger charge is -2.09. The number of carbonyl (C=O) groups is 1. The topological polar surface area (TPSA) is 77.6 Å². The van der Waals surface area contributed by atoms with E-state index in [1.54, 1.807) is 35.5 Å². The van der Waals surface area contributed by atoms with E-state index < -0.39 is 0 Å². The molecule has 0 bridgehead atoms. The maximum atomic E-state index is 12.5. The van der Waals surface area contributed by atoms with E-state index in [0.29, 0.717) is 18.8 Å². The number of nitrogens with zero attached hydrogens (tertiary/aromatic N) is 5. The van der Waals surface area contributed by atoms with E-state index in [4.69, 9.17) is 0 Å². The molecule has 0 aliphatic heterocycles. The number of nitrogens with one attached hydrogen (secondary N) is 1. The molecule has 0 atom stereocenters. The van der Waals surface area contributed by atoms with Crippen molar-refractivity contribution >= 4 is 17.2 Å². The summed E-state index contributed by atoms with van der Waals surface area (Å²) in [4.78, 5) is 22.3. The minimum Gasteiger partial charge on any atom is -0.349 e. The molecule has 4 aromatic heterocycles. The van der Waals surface area contributed by atoms with Gasteiger partial charge < -0.3 is 9.88 Å². The number of rotatable bonds is 6. The van der Waals surface area contributed by atoms with Crippen molar-refractivity contribution in [1.29, 1.82) is 0 Å². The van der Waals surface area contributed by atoms with Crippen LogP contribution in [0.25, 0.3) is 22.1 Å². The standard InChI is InChI=1S/C19H18N6OS/c1-24-16(13-15(23-24)17-6-4-12-27-17)19(26)22-9-11-25-10-8-21-18(25)14-5-2-3-7-20-14/h2-8,10,12-13H,9,11H2,1H3,(H,22,26). The van der Waals surface area contributed by atoms with Crippen LogP contribution in [0.3, 0.4) is 0 Å². The molecule has 0 aliphatic carbocycles. The van der Waals surface area contributed by atoms with E-state index in [9.17, 15) is 4.79 Å². The van der Waals surface area contributed by atoms with Crippen molar-refractivity contribution < 1.29 is 4.79 Å². The highest BCUT2D eigenvalue weighted by Crippen LogP contribution is 2.23. The number of hydrogen-bond acceptors (Lipinski definition) is 5. The molecule has 0 saturated heterocycles. The summed E-state index contributed by atoms with van der Waals surface area (Å²) < 4.78 is 3.59. The number of imidazole rings is 1. The van der Waals surface area contributed by atoms with Crippen LogP contribution in [-0.2, 0) is 13.6 Å². The lowest BCUT2D eigenvalue weighted by atomic mass is 10.3. The molecule has 1 amide bonds. The lowest BCUT2D eigenvalue weighted by Crippen LogP contribution is -2.28. The number of carbonyl (C=O) groups excluding carboxylic acids is 1. The Morgan fingerprint density at radius 2 is 2.07 bits per heavy atom. The summed E-state index contributed by atoms with van der Waals surface area (Å²) in [5, 5.41) is 9.37. The van der Waals surface area contributed by atoms with Gasteiger partial charge in [0.25, 0.3) is 5.91 Å². The van der Waals surface area contributed by atoms with Crippen LogP contribution in [0.4, 0.5) is 0 Å². The molecular formula is C19H18N6OS. The summed E-state index contributed by atoms with van der Waals surface area (Å²) in [6, 6.07) is 11.5. The first-order valence-electron chi connectivity index (χ1n) is 8.51. The molecule has 0 aliphatic rings. The molecule has 0 aromatic carbocycles. The first-order valence-corrected chi connectivity index (χ1v) is 9.39. The Bertz CT molecular complexity index is 1040. The monoisotopic (exact) mass is 378 g/mol. The van der Waals surface area contributed by atoms with Gasteiger partial charge in [-0.1, -0.05) is 12.1 Å². The van der Waals surface area contributed by atoms with Gasteiger partial charge in [-0.05, 0) is 29.6 Å². The zero-order chi connectivity index (χ0) is 18.6. The summed E-state index contributed by atoms with van der Waals surface area (Å²) in [7, 11) is 1.78. The van der Waals surface area contributed by atoms with Gasteiger partial charge in [-0.15, -0.1) is 11.3 Å². The molecule has 7 nitrogen and oxygen atoms in total. The van der Waals surface area contributed by atoms with Crippen LogP contribution in [0.2, 0.25) is 0 Å². The second-order valence-corrected chi connectivity index (χ2v) is 6.88. The fraction of sp³-hybridized carbons (Fsp3) is 0.158. The van der Waals surface area contributed by atoms with Gasteiger partial charge in [-0.25, -0.2) is 4.98 Å². The number of pyridine rings is 1. The summed E-state index contributed by atoms with van der Waals surface area (Å²) >= 11 is 1.60. The Kier molecular flexibility index (Phi) is 4.80. The van der Waals surface area contributed by atoms with E-state index in [2.05, 4.69) is 20.4 Å². The van der Waals surface area contributed by atoms with Gasteiger partial charge in [-0.3, -0.25) is 14.5 Å². The third kappa shape index (κ3) is 3.65. The van der Waals surface area contributed by atoms with E-state index in [1.165, 1.54) is 0 Å². The molecule has 0 saturated carbocycles. The number of hydrogen-bond donors (Lipinski definition) is 1. The predicted octanol–water partition coefficient (Wildman–Crippen LogP) is 2.84. The molecule has 136 valence electrons. The second kappa shape index (κ2) is 7.55. The maximum absolute atomic E-state index is 12.5. The van der Waals surface area contributed by atoms with Crippen LogP contribution in [-0.4, -0.2) is 36.8 Å². The maximum Gasteiger partial charge on any atom is 0.269 e. The highest BCUT2D eigenvalue weighted by atomic mass is 32.1. The molecule has 0 spiro atoms. The highest BCUT2D eigenvalue weighted by Gasteiger charge is 2.15. The van der Waals surface area contributed by atoms with Crippen LogP contribution in [0, 0.1) is 0 Å². The Hall–Kier alpha value is -3.26. The smallest absolute Gasteiger partial charge is 0.269 e. The van der Waals surface area contributed by atoms with Gasteiger partial charge in [0, 0.05) is 38.7 Å². The highest BCUT2D eigenvalue weighted by molar-refractivity contribution is 7.13. The number of amides is 1. The largest absolute Gasteiger partial charge is 0.349 e. The number of aromatic nitrogens is 5. The van der Waals surface area contributed by atoms with Gasteiger partial charge in [0.1, 0.15) is 17.1 Å². The van der Waals surface area contributed by atoms with Gasteiger partial charge in [-0.2, -0.15) is 5.10 Å². The van der Waals surface area contributed by atoms with E-state index >= 15 is 0 Å². The van der Waals surface area contributed by atoms with Crippen molar-refractivity contribution in [1.82, 2.24) is 29.6 Å². The second-order valence-electron chi connectivity index (χ2n) is 5.93. The van der Waals surface area contributed by atoms with Crippen molar-refractivity contribution in [3.05, 3.63) is 66.1 Å². The van der Waals surface area contributed by atoms with Gasteiger partial charge in [0.15, 0.2) is 5.82 Å². The minimum absolute atomic E-state index is 0.146. The Morgan fingerprint density at radius 3 is 2.85 bits per heavy atom. The van der Waals surface area contributed by atoms with Crippen molar-refractivity contribution in [3.8, 4) is 22.1 Å². The van der Waals surface area contributed by atoms with E-state index in [1.807, 2.05) is 52.5 Å². The van der Waals surface area contributed by atoms with Crippen molar-refractivity contribution in [2.24, 2.45) is 7.05 Å². The molecular weight excluding hydrogens is 360 g/mol. The Morgan fingerprint density at radius 1 is 1.15 bits per heavy atom. The normalized spacial score (nSPS) is 10.9. The van der Waals surface area contributed by atoms with E-state index in [0.717, 1.165) is 22.1 Å². The van der Waals surface area contributed by atoms with Crippen LogP contribution >= 0.6 is 11.3 Å². The third-order valence-electron chi connectivity index (χ3n) is 4.13. The molecule has 8 heteroatoms. The average Bonchev–Trinajstić information content (AvgIpc) is 3.43. The Labute approximate surface area is 160 Å². The fourth-order valence-corrected chi connectivity index (χ4v) is 3.50. The van der Waals surface area contributed by atoms with Crippen molar-refractivity contribution in [2.75, 3.05) is 6.54 Å². The quantitative estimate of drug-likeness (QED) is 0.560. The van der Waals surface area contributed by atoms with Crippen LogP contribution < -0.4 is 5.32 Å².